The van der Waals surface area contributed by atoms with Crippen molar-refractivity contribution in [1.29, 1.82) is 0 Å². The van der Waals surface area contributed by atoms with E-state index in [9.17, 15) is 4.79 Å². The van der Waals surface area contributed by atoms with Crippen molar-refractivity contribution in [2.24, 2.45) is 0 Å². The van der Waals surface area contributed by atoms with Gasteiger partial charge in [-0.3, -0.25) is 4.79 Å². The molecule has 0 aliphatic heterocycles. The van der Waals surface area contributed by atoms with Gasteiger partial charge in [0.1, 0.15) is 0 Å². The van der Waals surface area contributed by atoms with Crippen molar-refractivity contribution in [3.63, 3.8) is 0 Å². The molecule has 0 aliphatic rings. The first-order chi connectivity index (χ1) is 6.36. The van der Waals surface area contributed by atoms with E-state index in [2.05, 4.69) is 0 Å². The second kappa shape index (κ2) is 2.10. The monoisotopic (exact) mass is 169 g/mol. The van der Waals surface area contributed by atoms with E-state index in [0.717, 1.165) is 16.3 Å². The summed E-state index contributed by atoms with van der Waals surface area (Å²) >= 11 is 0. The molecule has 13 heavy (non-hydrogen) atoms. The topological polar surface area (TPSA) is 21.5 Å². The highest BCUT2D eigenvalue weighted by Gasteiger charge is 2.03. The first-order valence-corrected chi connectivity index (χ1v) is 4.18. The molecule has 2 heteroatoms. The zero-order chi connectivity index (χ0) is 8.84. The molecular formula is C11H7NO. The lowest BCUT2D eigenvalue weighted by Gasteiger charge is -1.97. The van der Waals surface area contributed by atoms with E-state index >= 15 is 0 Å². The van der Waals surface area contributed by atoms with E-state index in [0.29, 0.717) is 0 Å². The summed E-state index contributed by atoms with van der Waals surface area (Å²) in [6.45, 7) is 0. The normalized spacial score (nSPS) is 11.4. The Balaban J connectivity index is 2.81. The Morgan fingerprint density at radius 1 is 1.00 bits per heavy atom. The minimum Gasteiger partial charge on any atom is -0.323 e. The van der Waals surface area contributed by atoms with Crippen LogP contribution in [0.5, 0.6) is 0 Å². The predicted octanol–water partition coefficient (Wildman–Crippen LogP) is 1.89. The predicted molar refractivity (Wildman–Crippen MR) is 52.4 cm³/mol. The lowest BCUT2D eigenvalue weighted by Crippen LogP contribution is -1.97. The van der Waals surface area contributed by atoms with E-state index in [1.807, 2.05) is 41.1 Å². The van der Waals surface area contributed by atoms with Crippen LogP contribution < -0.4 is 5.43 Å². The zero-order valence-corrected chi connectivity index (χ0v) is 6.90. The molecule has 1 aromatic carbocycles. The minimum absolute atomic E-state index is 0.0983. The van der Waals surface area contributed by atoms with Gasteiger partial charge in [0, 0.05) is 17.8 Å². The minimum atomic E-state index is 0.0983. The molecule has 0 aliphatic carbocycles. The second-order valence-corrected chi connectivity index (χ2v) is 3.15. The number of rotatable bonds is 0. The third-order valence-electron chi connectivity index (χ3n) is 2.39. The number of hydrogen-bond acceptors (Lipinski definition) is 1. The average Bonchev–Trinajstić information content (AvgIpc) is 2.57. The number of pyridine rings is 1. The van der Waals surface area contributed by atoms with Crippen molar-refractivity contribution < 1.29 is 0 Å². The van der Waals surface area contributed by atoms with E-state index in [-0.39, 0.29) is 5.43 Å². The molecule has 2 heterocycles. The van der Waals surface area contributed by atoms with Crippen LogP contribution in [0.25, 0.3) is 16.3 Å². The van der Waals surface area contributed by atoms with Crippen LogP contribution >= 0.6 is 0 Å². The molecule has 3 aromatic rings. The second-order valence-electron chi connectivity index (χ2n) is 3.15. The lowest BCUT2D eigenvalue weighted by molar-refractivity contribution is 1.21. The first kappa shape index (κ1) is 6.66. The molecule has 0 radical (unpaired) electrons. The van der Waals surface area contributed by atoms with Gasteiger partial charge in [0.25, 0.3) is 0 Å². The summed E-state index contributed by atoms with van der Waals surface area (Å²) in [5, 5.41) is 1.92. The summed E-state index contributed by atoms with van der Waals surface area (Å²) < 4.78 is 1.98. The number of benzene rings is 1. The smallest absolute Gasteiger partial charge is 0.188 e. The molecular weight excluding hydrogens is 162 g/mol. The van der Waals surface area contributed by atoms with Crippen LogP contribution in [-0.4, -0.2) is 4.40 Å². The van der Waals surface area contributed by atoms with E-state index in [1.165, 1.54) is 0 Å². The largest absolute Gasteiger partial charge is 0.323 e. The van der Waals surface area contributed by atoms with Crippen molar-refractivity contribution in [1.82, 2.24) is 4.40 Å². The fourth-order valence-electron chi connectivity index (χ4n) is 1.78. The number of hydrogen-bond donors (Lipinski definition) is 0. The Morgan fingerprint density at radius 2 is 1.92 bits per heavy atom. The van der Waals surface area contributed by atoms with Crippen LogP contribution in [0.3, 0.4) is 0 Å². The van der Waals surface area contributed by atoms with Crippen molar-refractivity contribution in [2.75, 3.05) is 0 Å². The summed E-state index contributed by atoms with van der Waals surface area (Å²) in [5.41, 5.74) is 1.12. The Bertz CT molecular complexity index is 624. The van der Waals surface area contributed by atoms with Crippen molar-refractivity contribution in [3.8, 4) is 0 Å². The molecule has 0 spiro atoms. The summed E-state index contributed by atoms with van der Waals surface area (Å²) in [6, 6.07) is 9.35. The Hall–Kier alpha value is -1.83. The summed E-state index contributed by atoms with van der Waals surface area (Å²) in [5.74, 6) is 0. The number of nitrogens with zero attached hydrogens (tertiary/aromatic N) is 1. The van der Waals surface area contributed by atoms with Gasteiger partial charge >= 0.3 is 0 Å². The van der Waals surface area contributed by atoms with Crippen molar-refractivity contribution in [2.45, 2.75) is 0 Å². The summed E-state index contributed by atoms with van der Waals surface area (Å²) in [4.78, 5) is 11.4. The van der Waals surface area contributed by atoms with Crippen LogP contribution in [0.4, 0.5) is 0 Å². The molecule has 2 nitrogen and oxygen atoms in total. The Labute approximate surface area is 74.4 Å². The highest BCUT2D eigenvalue weighted by Crippen LogP contribution is 2.17. The first-order valence-electron chi connectivity index (χ1n) is 4.18. The molecule has 0 bridgehead atoms. The van der Waals surface area contributed by atoms with Gasteiger partial charge in [-0.2, -0.15) is 0 Å². The Morgan fingerprint density at radius 3 is 2.85 bits per heavy atom. The van der Waals surface area contributed by atoms with Gasteiger partial charge in [-0.15, -0.1) is 0 Å². The van der Waals surface area contributed by atoms with Crippen LogP contribution in [0, 0.1) is 0 Å². The van der Waals surface area contributed by atoms with Crippen LogP contribution in [0.15, 0.2) is 47.5 Å². The maximum Gasteiger partial charge on any atom is 0.188 e. The molecule has 0 N–H and O–H groups in total. The SMILES string of the molecule is O=c1ccc2cccn3ccc1c23. The lowest BCUT2D eigenvalue weighted by atomic mass is 10.2. The molecule has 0 fully saturated rings. The van der Waals surface area contributed by atoms with E-state index in [1.54, 1.807) is 6.07 Å². The molecule has 3 rings (SSSR count). The molecule has 0 saturated carbocycles. The van der Waals surface area contributed by atoms with E-state index in [4.69, 9.17) is 0 Å². The van der Waals surface area contributed by atoms with E-state index < -0.39 is 0 Å². The third kappa shape index (κ3) is 0.746. The quantitative estimate of drug-likeness (QED) is 0.503. The highest BCUT2D eigenvalue weighted by atomic mass is 16.1. The Kier molecular flexibility index (Phi) is 1.08. The molecule has 62 valence electrons. The average molecular weight is 169 g/mol. The van der Waals surface area contributed by atoms with Gasteiger partial charge in [0.15, 0.2) is 5.43 Å². The zero-order valence-electron chi connectivity index (χ0n) is 6.90. The molecule has 0 amide bonds. The van der Waals surface area contributed by atoms with Crippen LogP contribution in [0.2, 0.25) is 0 Å². The molecule has 2 aromatic heterocycles. The van der Waals surface area contributed by atoms with Crippen molar-refractivity contribution >= 4 is 16.3 Å². The van der Waals surface area contributed by atoms with Gasteiger partial charge in [-0.1, -0.05) is 6.07 Å². The van der Waals surface area contributed by atoms with Gasteiger partial charge < -0.3 is 4.40 Å². The standard InChI is InChI=1S/C11H7NO/c13-10-4-3-8-2-1-6-12-7-5-9(10)11(8)12/h1-7H. The van der Waals surface area contributed by atoms with Gasteiger partial charge in [-0.25, -0.2) is 0 Å². The number of aromatic nitrogens is 1. The summed E-state index contributed by atoms with van der Waals surface area (Å²) in [6.07, 6.45) is 3.87. The maximum absolute atomic E-state index is 11.4. The maximum atomic E-state index is 11.4. The molecule has 0 unspecified atom stereocenters. The van der Waals surface area contributed by atoms with Crippen LogP contribution in [0.1, 0.15) is 0 Å². The fraction of sp³-hybridized carbons (Fsp3) is 0. The highest BCUT2D eigenvalue weighted by molar-refractivity contribution is 5.95. The van der Waals surface area contributed by atoms with Crippen molar-refractivity contribution in [3.05, 3.63) is 52.9 Å². The van der Waals surface area contributed by atoms with Gasteiger partial charge in [0.05, 0.1) is 5.52 Å². The molecule has 0 atom stereocenters. The van der Waals surface area contributed by atoms with Gasteiger partial charge in [0.2, 0.25) is 0 Å². The van der Waals surface area contributed by atoms with Crippen LogP contribution in [-0.2, 0) is 0 Å². The molecule has 0 saturated heterocycles. The summed E-state index contributed by atoms with van der Waals surface area (Å²) in [7, 11) is 0. The van der Waals surface area contributed by atoms with Gasteiger partial charge in [-0.05, 0) is 29.7 Å². The third-order valence-corrected chi connectivity index (χ3v) is 2.39. The fourth-order valence-corrected chi connectivity index (χ4v) is 1.78.